The van der Waals surface area contributed by atoms with Gasteiger partial charge in [-0.25, -0.2) is 10.1 Å². The van der Waals surface area contributed by atoms with E-state index in [4.69, 9.17) is 4.42 Å². The van der Waals surface area contributed by atoms with Gasteiger partial charge in [-0.1, -0.05) is 32.0 Å². The largest absolute Gasteiger partial charge is 0.463 e. The highest BCUT2D eigenvalue weighted by atomic mass is 16.3. The summed E-state index contributed by atoms with van der Waals surface area (Å²) in [5.74, 6) is 0.820. The van der Waals surface area contributed by atoms with Gasteiger partial charge in [-0.05, 0) is 30.2 Å². The number of aromatic nitrogens is 2. The third-order valence-electron chi connectivity index (χ3n) is 3.50. The first kappa shape index (κ1) is 16.7. The number of nitrogens with zero attached hydrogens (tertiary/aromatic N) is 3. The van der Waals surface area contributed by atoms with Crippen molar-refractivity contribution in [1.82, 2.24) is 15.2 Å². The van der Waals surface area contributed by atoms with Crippen molar-refractivity contribution in [2.75, 3.05) is 0 Å². The van der Waals surface area contributed by atoms with Gasteiger partial charge in [0.1, 0.15) is 5.69 Å². The van der Waals surface area contributed by atoms with Crippen LogP contribution < -0.4 is 5.43 Å². The van der Waals surface area contributed by atoms with E-state index in [1.165, 1.54) is 0 Å². The molecule has 3 aromatic rings. The molecule has 0 saturated heterocycles. The minimum Gasteiger partial charge on any atom is -0.463 e. The number of furan rings is 1. The summed E-state index contributed by atoms with van der Waals surface area (Å²) >= 11 is 0. The Kier molecular flexibility index (Phi) is 5.09. The summed E-state index contributed by atoms with van der Waals surface area (Å²) in [6, 6.07) is 13.4. The molecular formula is C19H20N4O2. The lowest BCUT2D eigenvalue weighted by Gasteiger charge is -2.01. The van der Waals surface area contributed by atoms with E-state index in [2.05, 4.69) is 15.6 Å². The highest BCUT2D eigenvalue weighted by Gasteiger charge is 2.13. The van der Waals surface area contributed by atoms with Crippen molar-refractivity contribution in [3.63, 3.8) is 0 Å². The number of hydrogen-bond acceptors (Lipinski definition) is 4. The quantitative estimate of drug-likeness (QED) is 0.552. The van der Waals surface area contributed by atoms with E-state index < -0.39 is 0 Å². The van der Waals surface area contributed by atoms with Crippen molar-refractivity contribution < 1.29 is 9.21 Å². The monoisotopic (exact) mass is 336 g/mol. The van der Waals surface area contributed by atoms with Crippen LogP contribution in [0.25, 0.3) is 17.1 Å². The third kappa shape index (κ3) is 4.23. The fourth-order valence-corrected chi connectivity index (χ4v) is 2.39. The van der Waals surface area contributed by atoms with Crippen LogP contribution in [0.3, 0.4) is 0 Å². The Morgan fingerprint density at radius 3 is 2.76 bits per heavy atom. The van der Waals surface area contributed by atoms with Gasteiger partial charge < -0.3 is 4.42 Å². The standard InChI is InChI=1S/C19H20N4O2/c1-14(2)11-18(24)21-20-12-15-13-23(16-7-4-3-5-8-16)22-19(15)17-9-6-10-25-17/h3-10,12-14H,11H2,1-2H3,(H,21,24)/b20-12-. The molecule has 2 aromatic heterocycles. The average Bonchev–Trinajstić information content (AvgIpc) is 3.24. The lowest BCUT2D eigenvalue weighted by molar-refractivity contribution is -0.121. The zero-order chi connectivity index (χ0) is 17.6. The van der Waals surface area contributed by atoms with Gasteiger partial charge in [-0.2, -0.15) is 10.2 Å². The number of amides is 1. The molecule has 0 spiro atoms. The molecule has 0 aliphatic heterocycles. The molecule has 25 heavy (non-hydrogen) atoms. The minimum absolute atomic E-state index is 0.110. The fraction of sp³-hybridized carbons (Fsp3) is 0.211. The molecule has 128 valence electrons. The fourth-order valence-electron chi connectivity index (χ4n) is 2.39. The van der Waals surface area contributed by atoms with Crippen LogP contribution in [0.2, 0.25) is 0 Å². The molecule has 0 unspecified atom stereocenters. The number of para-hydroxylation sites is 1. The van der Waals surface area contributed by atoms with Crippen LogP contribution in [0.4, 0.5) is 0 Å². The maximum absolute atomic E-state index is 11.7. The van der Waals surface area contributed by atoms with Crippen LogP contribution in [-0.2, 0) is 4.79 Å². The molecule has 0 aliphatic rings. The van der Waals surface area contributed by atoms with Crippen LogP contribution >= 0.6 is 0 Å². The smallest absolute Gasteiger partial charge is 0.240 e. The van der Waals surface area contributed by atoms with Crippen LogP contribution in [0.1, 0.15) is 25.8 Å². The van der Waals surface area contributed by atoms with Crippen LogP contribution in [-0.4, -0.2) is 21.9 Å². The number of hydrazone groups is 1. The Labute approximate surface area is 146 Å². The zero-order valence-electron chi connectivity index (χ0n) is 14.2. The Balaban J connectivity index is 1.87. The van der Waals surface area contributed by atoms with Crippen LogP contribution in [0.15, 0.2) is 64.4 Å². The van der Waals surface area contributed by atoms with Crippen molar-refractivity contribution in [3.8, 4) is 17.1 Å². The molecule has 1 N–H and O–H groups in total. The molecule has 0 fully saturated rings. The summed E-state index contributed by atoms with van der Waals surface area (Å²) < 4.78 is 7.22. The molecule has 6 nitrogen and oxygen atoms in total. The first-order chi connectivity index (χ1) is 12.1. The summed E-state index contributed by atoms with van der Waals surface area (Å²) in [5, 5.41) is 8.64. The molecule has 6 heteroatoms. The van der Waals surface area contributed by atoms with E-state index in [1.807, 2.05) is 62.5 Å². The molecule has 3 rings (SSSR count). The van der Waals surface area contributed by atoms with Gasteiger partial charge in [0.15, 0.2) is 5.76 Å². The zero-order valence-corrected chi connectivity index (χ0v) is 14.2. The Morgan fingerprint density at radius 1 is 1.28 bits per heavy atom. The van der Waals surface area contributed by atoms with Gasteiger partial charge in [-0.3, -0.25) is 4.79 Å². The molecule has 0 saturated carbocycles. The Morgan fingerprint density at radius 2 is 2.08 bits per heavy atom. The molecule has 0 bridgehead atoms. The number of carbonyl (C=O) groups excluding carboxylic acids is 1. The van der Waals surface area contributed by atoms with Crippen molar-refractivity contribution in [2.45, 2.75) is 20.3 Å². The van der Waals surface area contributed by atoms with Gasteiger partial charge >= 0.3 is 0 Å². The van der Waals surface area contributed by atoms with Gasteiger partial charge in [0.05, 0.1) is 18.2 Å². The average molecular weight is 336 g/mol. The number of nitrogens with one attached hydrogen (secondary N) is 1. The minimum atomic E-state index is -0.110. The number of carbonyl (C=O) groups is 1. The van der Waals surface area contributed by atoms with E-state index >= 15 is 0 Å². The molecule has 1 aromatic carbocycles. The second kappa shape index (κ2) is 7.61. The Hall–Kier alpha value is -3.15. The molecule has 0 atom stereocenters. The molecule has 0 aliphatic carbocycles. The summed E-state index contributed by atoms with van der Waals surface area (Å²) in [5.41, 5.74) is 4.89. The number of benzene rings is 1. The lowest BCUT2D eigenvalue weighted by atomic mass is 10.1. The number of rotatable bonds is 6. The van der Waals surface area contributed by atoms with Gasteiger partial charge in [-0.15, -0.1) is 0 Å². The second-order valence-corrected chi connectivity index (χ2v) is 6.08. The molecule has 0 radical (unpaired) electrons. The molecule has 1 amide bonds. The highest BCUT2D eigenvalue weighted by Crippen LogP contribution is 2.23. The van der Waals surface area contributed by atoms with Crippen molar-refractivity contribution in [1.29, 1.82) is 0 Å². The first-order valence-electron chi connectivity index (χ1n) is 8.14. The maximum atomic E-state index is 11.7. The molecular weight excluding hydrogens is 316 g/mol. The predicted molar refractivity (Wildman–Crippen MR) is 96.5 cm³/mol. The SMILES string of the molecule is CC(C)CC(=O)N/N=C\c1cn(-c2ccccc2)nc1-c1ccco1. The van der Waals surface area contributed by atoms with Gasteiger partial charge in [0.25, 0.3) is 0 Å². The van der Waals surface area contributed by atoms with E-state index in [-0.39, 0.29) is 11.8 Å². The summed E-state index contributed by atoms with van der Waals surface area (Å²) in [6.45, 7) is 3.98. The van der Waals surface area contributed by atoms with Gasteiger partial charge in [0.2, 0.25) is 5.91 Å². The summed E-state index contributed by atoms with van der Waals surface area (Å²) in [6.07, 6.45) is 5.47. The summed E-state index contributed by atoms with van der Waals surface area (Å²) in [7, 11) is 0. The van der Waals surface area contributed by atoms with Crippen molar-refractivity contribution >= 4 is 12.1 Å². The summed E-state index contributed by atoms with van der Waals surface area (Å²) in [4.78, 5) is 11.7. The third-order valence-corrected chi connectivity index (χ3v) is 3.50. The topological polar surface area (TPSA) is 72.4 Å². The van der Waals surface area contributed by atoms with E-state index in [1.54, 1.807) is 17.2 Å². The predicted octanol–water partition coefficient (Wildman–Crippen LogP) is 3.63. The maximum Gasteiger partial charge on any atom is 0.240 e. The van der Waals surface area contributed by atoms with E-state index in [0.717, 1.165) is 11.3 Å². The van der Waals surface area contributed by atoms with Crippen LogP contribution in [0, 0.1) is 5.92 Å². The number of hydrogen-bond donors (Lipinski definition) is 1. The second-order valence-electron chi connectivity index (χ2n) is 6.08. The Bertz CT molecular complexity index is 849. The highest BCUT2D eigenvalue weighted by molar-refractivity contribution is 5.88. The van der Waals surface area contributed by atoms with Crippen molar-refractivity contribution in [3.05, 3.63) is 60.5 Å². The van der Waals surface area contributed by atoms with Gasteiger partial charge in [0, 0.05) is 18.2 Å². The van der Waals surface area contributed by atoms with Crippen LogP contribution in [0.5, 0.6) is 0 Å². The van der Waals surface area contributed by atoms with Crippen molar-refractivity contribution in [2.24, 2.45) is 11.0 Å². The molecule has 2 heterocycles. The normalized spacial score (nSPS) is 11.3. The van der Waals surface area contributed by atoms with E-state index in [0.29, 0.717) is 17.9 Å². The first-order valence-corrected chi connectivity index (χ1v) is 8.14. The van der Waals surface area contributed by atoms with E-state index in [9.17, 15) is 4.79 Å². The lowest BCUT2D eigenvalue weighted by Crippen LogP contribution is -2.19.